The molecular formula is C52H33N3O. The summed E-state index contributed by atoms with van der Waals surface area (Å²) in [6.45, 7) is 0. The molecule has 4 heteroatoms. The number of aromatic nitrogens is 3. The summed E-state index contributed by atoms with van der Waals surface area (Å²) in [7, 11) is 0. The van der Waals surface area contributed by atoms with Crippen LogP contribution in [0.1, 0.15) is 17.5 Å². The topological polar surface area (TPSA) is 47.9 Å². The van der Waals surface area contributed by atoms with Gasteiger partial charge in [0.2, 0.25) is 0 Å². The molecule has 1 aliphatic heterocycles. The van der Waals surface area contributed by atoms with E-state index in [4.69, 9.17) is 19.7 Å². The Morgan fingerprint density at radius 1 is 0.411 bits per heavy atom. The number of rotatable bonds is 5. The maximum atomic E-state index is 6.57. The Morgan fingerprint density at radius 3 is 1.52 bits per heavy atom. The van der Waals surface area contributed by atoms with Crippen molar-refractivity contribution < 1.29 is 4.74 Å². The summed E-state index contributed by atoms with van der Waals surface area (Å²) in [6.07, 6.45) is 7.11. The van der Waals surface area contributed by atoms with Gasteiger partial charge < -0.3 is 4.74 Å². The number of hydrogen-bond acceptors (Lipinski definition) is 4. The molecule has 0 amide bonds. The zero-order valence-corrected chi connectivity index (χ0v) is 30.4. The highest BCUT2D eigenvalue weighted by Crippen LogP contribution is 2.48. The van der Waals surface area contributed by atoms with Crippen LogP contribution in [0.5, 0.6) is 5.75 Å². The predicted octanol–water partition coefficient (Wildman–Crippen LogP) is 13.1. The Balaban J connectivity index is 1.04. The van der Waals surface area contributed by atoms with Crippen molar-refractivity contribution >= 4 is 43.5 Å². The van der Waals surface area contributed by atoms with E-state index >= 15 is 0 Å². The minimum absolute atomic E-state index is 0.637. The van der Waals surface area contributed by atoms with Crippen molar-refractivity contribution in [2.45, 2.75) is 6.42 Å². The number of ether oxygens (including phenoxy) is 1. The van der Waals surface area contributed by atoms with Gasteiger partial charge in [0.05, 0.1) is 0 Å². The molecule has 2 aliphatic rings. The van der Waals surface area contributed by atoms with E-state index in [0.29, 0.717) is 23.9 Å². The van der Waals surface area contributed by atoms with Crippen molar-refractivity contribution in [3.8, 4) is 51.0 Å². The third-order valence-electron chi connectivity index (χ3n) is 11.0. The molecule has 0 radical (unpaired) electrons. The largest absolute Gasteiger partial charge is 0.461 e. The molecule has 9 aromatic rings. The quantitative estimate of drug-likeness (QED) is 0.166. The lowest BCUT2D eigenvalue weighted by atomic mass is 9.84. The van der Waals surface area contributed by atoms with E-state index in [1.165, 1.54) is 49.0 Å². The molecule has 1 aliphatic carbocycles. The molecule has 4 nitrogen and oxygen atoms in total. The molecule has 1 aromatic heterocycles. The second-order valence-corrected chi connectivity index (χ2v) is 14.3. The molecule has 0 N–H and O–H groups in total. The van der Waals surface area contributed by atoms with Crippen LogP contribution >= 0.6 is 0 Å². The Morgan fingerprint density at radius 2 is 0.911 bits per heavy atom. The van der Waals surface area contributed by atoms with Gasteiger partial charge in [-0.25, -0.2) is 15.0 Å². The van der Waals surface area contributed by atoms with Crippen LogP contribution in [0, 0.1) is 0 Å². The monoisotopic (exact) mass is 715 g/mol. The van der Waals surface area contributed by atoms with Crippen molar-refractivity contribution in [1.82, 2.24) is 15.0 Å². The normalized spacial score (nSPS) is 13.4. The molecular weight excluding hydrogens is 683 g/mol. The summed E-state index contributed by atoms with van der Waals surface area (Å²) < 4.78 is 6.57. The van der Waals surface area contributed by atoms with Crippen molar-refractivity contribution in [2.24, 2.45) is 0 Å². The number of benzene rings is 8. The first-order valence-electron chi connectivity index (χ1n) is 19.0. The molecule has 0 saturated heterocycles. The van der Waals surface area contributed by atoms with Crippen LogP contribution in [0.2, 0.25) is 0 Å². The maximum Gasteiger partial charge on any atom is 0.164 e. The van der Waals surface area contributed by atoms with Crippen LogP contribution in [-0.4, -0.2) is 15.0 Å². The second-order valence-electron chi connectivity index (χ2n) is 14.3. The zero-order chi connectivity index (χ0) is 37.0. The van der Waals surface area contributed by atoms with Gasteiger partial charge >= 0.3 is 0 Å². The molecule has 0 saturated carbocycles. The van der Waals surface area contributed by atoms with Crippen LogP contribution < -0.4 is 4.74 Å². The summed E-state index contributed by atoms with van der Waals surface area (Å²) in [6, 6.07) is 59.7. The first kappa shape index (κ1) is 32.0. The third kappa shape index (κ3) is 5.42. The summed E-state index contributed by atoms with van der Waals surface area (Å²) >= 11 is 0. The first-order valence-corrected chi connectivity index (χ1v) is 19.0. The minimum atomic E-state index is 0.637. The van der Waals surface area contributed by atoms with Gasteiger partial charge in [-0.15, -0.1) is 0 Å². The van der Waals surface area contributed by atoms with Crippen molar-refractivity contribution in [3.63, 3.8) is 0 Å². The standard InChI is InChI=1S/C52H33N3O/c1-3-13-34(14-4-1)50-53-51(35-15-5-2-6-16-35)55-52(54-50)36-27-25-33(26-28-36)39-22-11-17-38-32-47(39)49-40(23-12-24-48(49)56-38)37-29-30-45-43-20-8-7-18-41(43)42-19-9-10-21-44(42)46(45)31-37/h1-31H,32H2. The summed E-state index contributed by atoms with van der Waals surface area (Å²) in [5, 5.41) is 7.60. The smallest absolute Gasteiger partial charge is 0.164 e. The van der Waals surface area contributed by atoms with Gasteiger partial charge in [-0.3, -0.25) is 0 Å². The van der Waals surface area contributed by atoms with Gasteiger partial charge in [0.15, 0.2) is 17.5 Å². The Kier molecular flexibility index (Phi) is 7.52. The van der Waals surface area contributed by atoms with Gasteiger partial charge in [0, 0.05) is 28.7 Å². The van der Waals surface area contributed by atoms with E-state index in [-0.39, 0.29) is 0 Å². The fourth-order valence-corrected chi connectivity index (χ4v) is 8.37. The molecule has 0 fully saturated rings. The number of hydrogen-bond donors (Lipinski definition) is 0. The van der Waals surface area contributed by atoms with E-state index < -0.39 is 0 Å². The molecule has 0 atom stereocenters. The molecule has 2 heterocycles. The van der Waals surface area contributed by atoms with Crippen LogP contribution in [0.15, 0.2) is 194 Å². The van der Waals surface area contributed by atoms with Crippen molar-refractivity contribution in [3.05, 3.63) is 205 Å². The highest BCUT2D eigenvalue weighted by Gasteiger charge is 2.27. The third-order valence-corrected chi connectivity index (χ3v) is 11.0. The SMILES string of the molecule is C1=CC(c2ccc(-c3nc(-c4ccccc4)nc(-c4ccccc4)n3)cc2)=C2CC(=C1)Oc1cccc(-c3ccc4c5ccccc5c5ccccc5c4c3)c12. The predicted molar refractivity (Wildman–Crippen MR) is 230 cm³/mol. The summed E-state index contributed by atoms with van der Waals surface area (Å²) in [5.74, 6) is 3.75. The lowest BCUT2D eigenvalue weighted by Crippen LogP contribution is -2.08. The summed E-state index contributed by atoms with van der Waals surface area (Å²) in [5.41, 5.74) is 9.82. The second kappa shape index (κ2) is 13.2. The Bertz CT molecular complexity index is 3010. The molecule has 8 aromatic carbocycles. The minimum Gasteiger partial charge on any atom is -0.461 e. The van der Waals surface area contributed by atoms with Gasteiger partial charge in [-0.1, -0.05) is 170 Å². The average Bonchev–Trinajstić information content (AvgIpc) is 3.45. The molecule has 0 unspecified atom stereocenters. The van der Waals surface area contributed by atoms with E-state index in [1.54, 1.807) is 0 Å². The first-order chi connectivity index (χ1) is 27.7. The number of fused-ring (bicyclic) bond motifs is 10. The molecule has 56 heavy (non-hydrogen) atoms. The van der Waals surface area contributed by atoms with Crippen LogP contribution in [0.4, 0.5) is 0 Å². The van der Waals surface area contributed by atoms with Gasteiger partial charge in [0.1, 0.15) is 11.5 Å². The molecule has 11 rings (SSSR count). The Labute approximate surface area is 324 Å². The molecule has 2 bridgehead atoms. The van der Waals surface area contributed by atoms with E-state index in [1.807, 2.05) is 60.7 Å². The van der Waals surface area contributed by atoms with Crippen LogP contribution in [-0.2, 0) is 0 Å². The van der Waals surface area contributed by atoms with Gasteiger partial charge in [0.25, 0.3) is 0 Å². The van der Waals surface area contributed by atoms with Gasteiger partial charge in [-0.05, 0) is 78.4 Å². The fraction of sp³-hybridized carbons (Fsp3) is 0.0192. The highest BCUT2D eigenvalue weighted by molar-refractivity contribution is 6.25. The van der Waals surface area contributed by atoms with Crippen molar-refractivity contribution in [2.75, 3.05) is 0 Å². The lowest BCUT2D eigenvalue weighted by molar-refractivity contribution is 0.407. The van der Waals surface area contributed by atoms with Gasteiger partial charge in [-0.2, -0.15) is 0 Å². The highest BCUT2D eigenvalue weighted by atomic mass is 16.5. The number of allylic oxidation sites excluding steroid dienone is 5. The fourth-order valence-electron chi connectivity index (χ4n) is 8.37. The number of nitrogens with zero attached hydrogens (tertiary/aromatic N) is 3. The molecule has 0 spiro atoms. The Hall–Kier alpha value is -7.43. The van der Waals surface area contributed by atoms with E-state index in [0.717, 1.165) is 44.9 Å². The van der Waals surface area contributed by atoms with E-state index in [2.05, 4.69) is 127 Å². The van der Waals surface area contributed by atoms with Crippen LogP contribution in [0.25, 0.3) is 88.8 Å². The van der Waals surface area contributed by atoms with E-state index in [9.17, 15) is 0 Å². The van der Waals surface area contributed by atoms with Crippen LogP contribution in [0.3, 0.4) is 0 Å². The summed E-state index contributed by atoms with van der Waals surface area (Å²) in [4.78, 5) is 14.8. The molecule has 262 valence electrons. The zero-order valence-electron chi connectivity index (χ0n) is 30.4. The average molecular weight is 716 g/mol. The lowest BCUT2D eigenvalue weighted by Gasteiger charge is -2.26. The maximum absolute atomic E-state index is 6.57. The van der Waals surface area contributed by atoms with Crippen molar-refractivity contribution in [1.29, 1.82) is 0 Å².